The zero-order valence-corrected chi connectivity index (χ0v) is 11.6. The van der Waals surface area contributed by atoms with Crippen LogP contribution in [0.15, 0.2) is 6.07 Å². The van der Waals surface area contributed by atoms with E-state index < -0.39 is 0 Å². The maximum atomic E-state index is 6.24. The van der Waals surface area contributed by atoms with E-state index in [0.29, 0.717) is 22.0 Å². The summed E-state index contributed by atoms with van der Waals surface area (Å²) in [6.45, 7) is 2.89. The minimum atomic E-state index is 0.301. The Morgan fingerprint density at radius 2 is 2.22 bits per heavy atom. The lowest BCUT2D eigenvalue weighted by Gasteiger charge is -2.21. The van der Waals surface area contributed by atoms with Crippen molar-refractivity contribution in [3.05, 3.63) is 27.6 Å². The molecule has 0 aromatic carbocycles. The highest BCUT2D eigenvalue weighted by Crippen LogP contribution is 2.27. The van der Waals surface area contributed by atoms with Crippen LogP contribution in [-0.2, 0) is 0 Å². The van der Waals surface area contributed by atoms with Gasteiger partial charge in [-0.1, -0.05) is 29.6 Å². The van der Waals surface area contributed by atoms with Crippen LogP contribution in [0.3, 0.4) is 0 Å². The molecule has 4 nitrogen and oxygen atoms in total. The molecule has 1 unspecified atom stereocenters. The average molecular weight is 285 g/mol. The molecule has 1 saturated heterocycles. The van der Waals surface area contributed by atoms with Crippen molar-refractivity contribution in [3.8, 4) is 0 Å². The highest BCUT2D eigenvalue weighted by molar-refractivity contribution is 6.34. The third-order valence-corrected chi connectivity index (χ3v) is 4.21. The predicted molar refractivity (Wildman–Crippen MR) is 72.3 cm³/mol. The lowest BCUT2D eigenvalue weighted by atomic mass is 10.0. The Labute approximate surface area is 115 Å². The lowest BCUT2D eigenvalue weighted by Crippen LogP contribution is -2.27. The summed E-state index contributed by atoms with van der Waals surface area (Å²) in [5.74, 6) is 0. The van der Waals surface area contributed by atoms with Crippen molar-refractivity contribution in [3.63, 3.8) is 0 Å². The summed E-state index contributed by atoms with van der Waals surface area (Å²) in [5.41, 5.74) is 2.46. The van der Waals surface area contributed by atoms with Gasteiger partial charge in [-0.3, -0.25) is 0 Å². The molecule has 0 radical (unpaired) electrons. The molecule has 0 bridgehead atoms. The van der Waals surface area contributed by atoms with E-state index in [9.17, 15) is 0 Å². The maximum Gasteiger partial charge on any atom is 0.158 e. The molecule has 0 saturated carbocycles. The first-order valence-corrected chi connectivity index (χ1v) is 6.87. The van der Waals surface area contributed by atoms with E-state index >= 15 is 0 Å². The number of aromatic nitrogens is 3. The topological polar surface area (TPSA) is 42.2 Å². The largest absolute Gasteiger partial charge is 0.309 e. The van der Waals surface area contributed by atoms with Gasteiger partial charge in [0.05, 0.1) is 11.7 Å². The Bertz CT molecular complexity index is 587. The van der Waals surface area contributed by atoms with Crippen LogP contribution < -0.4 is 5.32 Å². The predicted octanol–water partition coefficient (Wildman–Crippen LogP) is 3.16. The van der Waals surface area contributed by atoms with Gasteiger partial charge < -0.3 is 5.32 Å². The number of halogens is 2. The zero-order chi connectivity index (χ0) is 12.7. The van der Waals surface area contributed by atoms with Crippen LogP contribution in [0.2, 0.25) is 10.3 Å². The number of hydrogen-bond acceptors (Lipinski definition) is 3. The molecule has 6 heteroatoms. The Balaban J connectivity index is 2.07. The first-order chi connectivity index (χ1) is 8.66. The Morgan fingerprint density at radius 3 is 2.94 bits per heavy atom. The Morgan fingerprint density at radius 1 is 1.39 bits per heavy atom. The minimum absolute atomic E-state index is 0.301. The summed E-state index contributed by atoms with van der Waals surface area (Å²) in [6, 6.07) is 2.26. The van der Waals surface area contributed by atoms with Crippen molar-refractivity contribution in [2.75, 3.05) is 6.54 Å². The molecule has 1 atom stereocenters. The summed E-state index contributed by atoms with van der Waals surface area (Å²) < 4.78 is 1.66. The number of rotatable bonds is 1. The molecule has 1 fully saturated rings. The lowest BCUT2D eigenvalue weighted by molar-refractivity contribution is 0.404. The van der Waals surface area contributed by atoms with Gasteiger partial charge in [-0.15, -0.1) is 0 Å². The van der Waals surface area contributed by atoms with Gasteiger partial charge in [0.25, 0.3) is 0 Å². The van der Waals surface area contributed by atoms with Crippen molar-refractivity contribution in [1.82, 2.24) is 19.9 Å². The summed E-state index contributed by atoms with van der Waals surface area (Å²) in [7, 11) is 0. The third kappa shape index (κ3) is 1.98. The first-order valence-electron chi connectivity index (χ1n) is 6.11. The molecule has 96 valence electrons. The molecule has 0 spiro atoms. The highest BCUT2D eigenvalue weighted by Gasteiger charge is 2.19. The van der Waals surface area contributed by atoms with Crippen molar-refractivity contribution < 1.29 is 0 Å². The van der Waals surface area contributed by atoms with Crippen molar-refractivity contribution in [2.45, 2.75) is 32.2 Å². The minimum Gasteiger partial charge on any atom is -0.309 e. The number of hydrogen-bond donors (Lipinski definition) is 1. The molecule has 2 aromatic heterocycles. The van der Waals surface area contributed by atoms with Crippen LogP contribution in [0.1, 0.15) is 36.6 Å². The normalized spacial score (nSPS) is 20.5. The van der Waals surface area contributed by atoms with Gasteiger partial charge in [0.1, 0.15) is 10.3 Å². The van der Waals surface area contributed by atoms with Crippen molar-refractivity contribution in [1.29, 1.82) is 0 Å². The number of nitrogens with zero attached hydrogens (tertiary/aromatic N) is 3. The summed E-state index contributed by atoms with van der Waals surface area (Å²) in [4.78, 5) is 4.31. The highest BCUT2D eigenvalue weighted by atomic mass is 35.5. The van der Waals surface area contributed by atoms with E-state index in [4.69, 9.17) is 23.2 Å². The standard InChI is InChI=1S/C12H14Cl2N4/c1-7-11(13)16-10-6-9(17-18(10)12(7)14)8-4-2-3-5-15-8/h6,8,15H,2-5H2,1H3. The molecule has 1 N–H and O–H groups in total. The second kappa shape index (κ2) is 4.68. The molecule has 0 amide bonds. The number of nitrogens with one attached hydrogen (secondary N) is 1. The van der Waals surface area contributed by atoms with Crippen LogP contribution in [-0.4, -0.2) is 21.1 Å². The van der Waals surface area contributed by atoms with Crippen LogP contribution in [0, 0.1) is 6.92 Å². The van der Waals surface area contributed by atoms with Gasteiger partial charge in [0, 0.05) is 11.6 Å². The number of piperidine rings is 1. The summed E-state index contributed by atoms with van der Waals surface area (Å²) in [5, 5.41) is 8.98. The fraction of sp³-hybridized carbons (Fsp3) is 0.500. The quantitative estimate of drug-likeness (QED) is 0.818. The molecular weight excluding hydrogens is 271 g/mol. The van der Waals surface area contributed by atoms with E-state index in [-0.39, 0.29) is 0 Å². The van der Waals surface area contributed by atoms with Gasteiger partial charge in [-0.2, -0.15) is 5.10 Å². The molecule has 2 aromatic rings. The van der Waals surface area contributed by atoms with E-state index in [1.807, 2.05) is 13.0 Å². The molecule has 0 aliphatic carbocycles. The van der Waals surface area contributed by atoms with E-state index in [1.165, 1.54) is 12.8 Å². The van der Waals surface area contributed by atoms with Crippen LogP contribution in [0.5, 0.6) is 0 Å². The van der Waals surface area contributed by atoms with Gasteiger partial charge in [-0.05, 0) is 26.3 Å². The zero-order valence-electron chi connectivity index (χ0n) is 10.1. The van der Waals surface area contributed by atoms with Crippen LogP contribution in [0.25, 0.3) is 5.65 Å². The van der Waals surface area contributed by atoms with Gasteiger partial charge in [-0.25, -0.2) is 9.50 Å². The molecule has 1 aliphatic rings. The molecule has 1 aliphatic heterocycles. The molecule has 18 heavy (non-hydrogen) atoms. The summed E-state index contributed by atoms with van der Waals surface area (Å²) in [6.07, 6.45) is 3.56. The SMILES string of the molecule is Cc1c(Cl)nc2cc(C3CCCCN3)nn2c1Cl. The second-order valence-electron chi connectivity index (χ2n) is 4.66. The van der Waals surface area contributed by atoms with Crippen LogP contribution in [0.4, 0.5) is 0 Å². The average Bonchev–Trinajstić information content (AvgIpc) is 2.81. The fourth-order valence-electron chi connectivity index (χ4n) is 2.32. The van der Waals surface area contributed by atoms with Crippen molar-refractivity contribution >= 4 is 28.8 Å². The maximum absolute atomic E-state index is 6.24. The monoisotopic (exact) mass is 284 g/mol. The van der Waals surface area contributed by atoms with E-state index in [2.05, 4.69) is 15.4 Å². The van der Waals surface area contributed by atoms with E-state index in [1.54, 1.807) is 4.52 Å². The van der Waals surface area contributed by atoms with E-state index in [0.717, 1.165) is 24.2 Å². The Kier molecular flexibility index (Phi) is 3.18. The molecular formula is C12H14Cl2N4. The smallest absolute Gasteiger partial charge is 0.158 e. The fourth-order valence-corrected chi connectivity index (χ4v) is 2.75. The molecule has 3 rings (SSSR count). The molecule has 3 heterocycles. The second-order valence-corrected chi connectivity index (χ2v) is 5.38. The first kappa shape index (κ1) is 12.2. The van der Waals surface area contributed by atoms with Gasteiger partial charge >= 0.3 is 0 Å². The Hall–Kier alpha value is -0.840. The number of fused-ring (bicyclic) bond motifs is 1. The van der Waals surface area contributed by atoms with Crippen LogP contribution >= 0.6 is 23.2 Å². The van der Waals surface area contributed by atoms with Gasteiger partial charge in [0.15, 0.2) is 5.65 Å². The third-order valence-electron chi connectivity index (χ3n) is 3.39. The summed E-state index contributed by atoms with van der Waals surface area (Å²) >= 11 is 12.3. The van der Waals surface area contributed by atoms with Crippen molar-refractivity contribution in [2.24, 2.45) is 0 Å². The van der Waals surface area contributed by atoms with Gasteiger partial charge in [0.2, 0.25) is 0 Å².